The molecule has 3 aromatic rings. The topological polar surface area (TPSA) is 131 Å². The maximum atomic E-state index is 12.6. The smallest absolute Gasteiger partial charge is 0.238 e. The molecule has 0 atom stereocenters. The Hall–Kier alpha value is -3.37. The number of sulfonamides is 1. The van der Waals surface area contributed by atoms with Gasteiger partial charge in [-0.1, -0.05) is 0 Å². The molecule has 1 aliphatic rings. The van der Waals surface area contributed by atoms with Crippen LogP contribution in [0.4, 0.5) is 11.5 Å². The molecule has 160 valence electrons. The van der Waals surface area contributed by atoms with Gasteiger partial charge >= 0.3 is 0 Å². The number of piperidine rings is 1. The number of nitrogens with two attached hydrogens (primary N) is 1. The van der Waals surface area contributed by atoms with Gasteiger partial charge in [0.15, 0.2) is 5.82 Å². The van der Waals surface area contributed by atoms with Gasteiger partial charge in [-0.25, -0.2) is 13.6 Å². The molecule has 3 heterocycles. The first-order chi connectivity index (χ1) is 14.9. The molecule has 0 saturated carbocycles. The lowest BCUT2D eigenvalue weighted by Gasteiger charge is -2.31. The maximum Gasteiger partial charge on any atom is 0.238 e. The molecule has 1 aliphatic heterocycles. The van der Waals surface area contributed by atoms with E-state index >= 15 is 0 Å². The summed E-state index contributed by atoms with van der Waals surface area (Å²) in [6.07, 6.45) is 4.81. The molecular formula is C21H22N6O3S. The Morgan fingerprint density at radius 3 is 2.23 bits per heavy atom. The van der Waals surface area contributed by atoms with E-state index in [0.717, 1.165) is 17.1 Å². The van der Waals surface area contributed by atoms with Crippen molar-refractivity contribution in [1.82, 2.24) is 15.2 Å². The molecular weight excluding hydrogens is 416 g/mol. The van der Waals surface area contributed by atoms with Crippen molar-refractivity contribution in [3.63, 3.8) is 0 Å². The minimum absolute atomic E-state index is 0.00914. The van der Waals surface area contributed by atoms with Crippen LogP contribution >= 0.6 is 0 Å². The summed E-state index contributed by atoms with van der Waals surface area (Å²) in [7, 11) is -3.75. The number of aromatic nitrogens is 3. The van der Waals surface area contributed by atoms with Gasteiger partial charge in [-0.3, -0.25) is 9.78 Å². The van der Waals surface area contributed by atoms with E-state index in [1.165, 1.54) is 24.3 Å². The van der Waals surface area contributed by atoms with E-state index in [-0.39, 0.29) is 16.7 Å². The molecule has 3 N–H and O–H groups in total. The molecule has 9 nitrogen and oxygen atoms in total. The highest BCUT2D eigenvalue weighted by Crippen LogP contribution is 2.24. The summed E-state index contributed by atoms with van der Waals surface area (Å²) in [5.41, 5.74) is 2.28. The third kappa shape index (κ3) is 5.04. The van der Waals surface area contributed by atoms with Crippen LogP contribution in [0.15, 0.2) is 65.8 Å². The van der Waals surface area contributed by atoms with E-state index in [1.54, 1.807) is 12.4 Å². The van der Waals surface area contributed by atoms with E-state index in [2.05, 4.69) is 25.4 Å². The van der Waals surface area contributed by atoms with E-state index < -0.39 is 10.0 Å². The molecule has 1 fully saturated rings. The second-order valence-corrected chi connectivity index (χ2v) is 8.89. The van der Waals surface area contributed by atoms with Crippen molar-refractivity contribution in [3.05, 3.63) is 60.9 Å². The highest BCUT2D eigenvalue weighted by molar-refractivity contribution is 7.89. The van der Waals surface area contributed by atoms with Crippen LogP contribution in [0, 0.1) is 5.92 Å². The Morgan fingerprint density at radius 2 is 1.65 bits per heavy atom. The quantitative estimate of drug-likeness (QED) is 0.623. The van der Waals surface area contributed by atoms with Crippen molar-refractivity contribution < 1.29 is 13.2 Å². The molecule has 0 spiro atoms. The molecule has 0 unspecified atom stereocenters. The fourth-order valence-electron chi connectivity index (χ4n) is 3.51. The zero-order valence-electron chi connectivity index (χ0n) is 16.7. The normalized spacial score (nSPS) is 14.9. The Balaban J connectivity index is 1.32. The molecule has 0 radical (unpaired) electrons. The number of rotatable bonds is 5. The van der Waals surface area contributed by atoms with Gasteiger partial charge in [-0.2, -0.15) is 0 Å². The van der Waals surface area contributed by atoms with Crippen LogP contribution in [-0.2, 0) is 14.8 Å². The molecule has 4 rings (SSSR count). The van der Waals surface area contributed by atoms with Crippen LogP contribution < -0.4 is 15.4 Å². The molecule has 0 bridgehead atoms. The first kappa shape index (κ1) is 20.9. The number of nitrogens with zero attached hydrogens (tertiary/aromatic N) is 4. The Kier molecular flexibility index (Phi) is 5.92. The lowest BCUT2D eigenvalue weighted by Crippen LogP contribution is -2.38. The Morgan fingerprint density at radius 1 is 0.968 bits per heavy atom. The van der Waals surface area contributed by atoms with Crippen molar-refractivity contribution in [2.24, 2.45) is 11.1 Å². The summed E-state index contributed by atoms with van der Waals surface area (Å²) in [6.45, 7) is 1.40. The third-order valence-electron chi connectivity index (χ3n) is 5.27. The van der Waals surface area contributed by atoms with Crippen molar-refractivity contribution >= 4 is 27.4 Å². The van der Waals surface area contributed by atoms with E-state index in [9.17, 15) is 13.2 Å². The van der Waals surface area contributed by atoms with Gasteiger partial charge in [0.2, 0.25) is 15.9 Å². The number of benzene rings is 1. The summed E-state index contributed by atoms with van der Waals surface area (Å²) in [5, 5.41) is 16.6. The number of carbonyl (C=O) groups excluding carboxylic acids is 1. The summed E-state index contributed by atoms with van der Waals surface area (Å²) in [6, 6.07) is 13.5. The molecule has 31 heavy (non-hydrogen) atoms. The van der Waals surface area contributed by atoms with Gasteiger partial charge in [-0.05, 0) is 61.4 Å². The van der Waals surface area contributed by atoms with Crippen LogP contribution in [0.5, 0.6) is 0 Å². The van der Waals surface area contributed by atoms with Crippen molar-refractivity contribution in [1.29, 1.82) is 0 Å². The fourth-order valence-corrected chi connectivity index (χ4v) is 4.03. The first-order valence-electron chi connectivity index (χ1n) is 9.83. The van der Waals surface area contributed by atoms with E-state index in [1.807, 2.05) is 24.3 Å². The average Bonchev–Trinajstić information content (AvgIpc) is 2.80. The number of hydrogen-bond acceptors (Lipinski definition) is 7. The molecule has 0 aliphatic carbocycles. The summed E-state index contributed by atoms with van der Waals surface area (Å²) in [4.78, 5) is 18.7. The van der Waals surface area contributed by atoms with Crippen LogP contribution in [0.3, 0.4) is 0 Å². The minimum Gasteiger partial charge on any atom is -0.355 e. The second kappa shape index (κ2) is 8.78. The van der Waals surface area contributed by atoms with Gasteiger partial charge < -0.3 is 10.2 Å². The highest BCUT2D eigenvalue weighted by Gasteiger charge is 2.26. The van der Waals surface area contributed by atoms with Gasteiger partial charge in [0.05, 0.1) is 10.6 Å². The van der Waals surface area contributed by atoms with Crippen molar-refractivity contribution in [2.45, 2.75) is 17.7 Å². The number of hydrogen-bond donors (Lipinski definition) is 2. The van der Waals surface area contributed by atoms with Gasteiger partial charge in [-0.15, -0.1) is 10.2 Å². The Bertz CT molecular complexity index is 1140. The lowest BCUT2D eigenvalue weighted by molar-refractivity contribution is -0.120. The lowest BCUT2D eigenvalue weighted by atomic mass is 9.96. The largest absolute Gasteiger partial charge is 0.355 e. The fraction of sp³-hybridized carbons (Fsp3) is 0.238. The summed E-state index contributed by atoms with van der Waals surface area (Å²) < 4.78 is 22.7. The molecule has 1 amide bonds. The zero-order valence-corrected chi connectivity index (χ0v) is 17.5. The van der Waals surface area contributed by atoms with Gasteiger partial charge in [0, 0.05) is 42.7 Å². The number of amides is 1. The summed E-state index contributed by atoms with van der Waals surface area (Å²) in [5.74, 6) is 0.579. The van der Waals surface area contributed by atoms with Crippen LogP contribution in [0.25, 0.3) is 11.3 Å². The van der Waals surface area contributed by atoms with Gasteiger partial charge in [0.25, 0.3) is 0 Å². The standard InChI is InChI=1S/C21H22N6O3S/c22-31(29,30)18-3-1-17(2-4-18)24-21(28)16-9-13-27(14-10-16)20-6-5-19(25-26-20)15-7-11-23-12-8-15/h1-8,11-12,16H,9-10,13-14H2,(H,24,28)(H2,22,29,30). The zero-order chi connectivity index (χ0) is 21.8. The SMILES string of the molecule is NS(=O)(=O)c1ccc(NC(=O)C2CCN(c3ccc(-c4ccncc4)nn3)CC2)cc1. The van der Waals surface area contributed by atoms with Crippen LogP contribution in [0.1, 0.15) is 12.8 Å². The number of anilines is 2. The molecule has 1 aromatic carbocycles. The van der Waals surface area contributed by atoms with Crippen molar-refractivity contribution in [3.8, 4) is 11.3 Å². The maximum absolute atomic E-state index is 12.6. The summed E-state index contributed by atoms with van der Waals surface area (Å²) >= 11 is 0. The van der Waals surface area contributed by atoms with Crippen LogP contribution in [-0.4, -0.2) is 42.6 Å². The number of pyridine rings is 1. The third-order valence-corrected chi connectivity index (χ3v) is 6.20. The van der Waals surface area contributed by atoms with Gasteiger partial charge in [0.1, 0.15) is 0 Å². The van der Waals surface area contributed by atoms with Crippen molar-refractivity contribution in [2.75, 3.05) is 23.3 Å². The monoisotopic (exact) mass is 438 g/mol. The molecule has 2 aromatic heterocycles. The first-order valence-corrected chi connectivity index (χ1v) is 11.4. The Labute approximate surface area is 180 Å². The number of nitrogens with one attached hydrogen (secondary N) is 1. The minimum atomic E-state index is -3.75. The number of primary sulfonamides is 1. The van der Waals surface area contributed by atoms with E-state index in [0.29, 0.717) is 31.6 Å². The van der Waals surface area contributed by atoms with E-state index in [4.69, 9.17) is 5.14 Å². The van der Waals surface area contributed by atoms with Crippen LogP contribution in [0.2, 0.25) is 0 Å². The highest BCUT2D eigenvalue weighted by atomic mass is 32.2. The second-order valence-electron chi connectivity index (χ2n) is 7.33. The molecule has 10 heteroatoms. The molecule has 1 saturated heterocycles. The predicted octanol–water partition coefficient (Wildman–Crippen LogP) is 2.04. The predicted molar refractivity (Wildman–Crippen MR) is 117 cm³/mol. The number of carbonyl (C=O) groups is 1. The average molecular weight is 439 g/mol.